The number of likely N-dealkylation sites (tertiary alicyclic amines) is 2. The Balaban J connectivity index is 1.72. The van der Waals surface area contributed by atoms with E-state index in [0.717, 1.165) is 19.5 Å². The maximum atomic E-state index is 11.6. The molecule has 1 aromatic rings. The number of amides is 1. The van der Waals surface area contributed by atoms with Crippen molar-refractivity contribution in [3.05, 3.63) is 24.2 Å². The van der Waals surface area contributed by atoms with Crippen LogP contribution in [0.3, 0.4) is 0 Å². The quantitative estimate of drug-likeness (QED) is 0.748. The second kappa shape index (κ2) is 3.63. The van der Waals surface area contributed by atoms with E-state index in [4.69, 9.17) is 4.42 Å². The minimum atomic E-state index is 0.284. The lowest BCUT2D eigenvalue weighted by molar-refractivity contribution is -0.127. The Morgan fingerprint density at radius 1 is 1.50 bits per heavy atom. The first-order valence-corrected chi connectivity index (χ1v) is 5.76. The fourth-order valence-corrected chi connectivity index (χ4v) is 2.94. The molecule has 2 aliphatic rings. The summed E-state index contributed by atoms with van der Waals surface area (Å²) in [4.78, 5) is 15.9. The molecule has 1 amide bonds. The number of furan rings is 1. The van der Waals surface area contributed by atoms with Crippen molar-refractivity contribution in [2.75, 3.05) is 13.6 Å². The highest BCUT2D eigenvalue weighted by molar-refractivity contribution is 5.79. The van der Waals surface area contributed by atoms with Crippen LogP contribution in [0.15, 0.2) is 23.0 Å². The third-order valence-corrected chi connectivity index (χ3v) is 3.87. The molecule has 0 aliphatic carbocycles. The molecule has 16 heavy (non-hydrogen) atoms. The predicted octanol–water partition coefficient (Wildman–Crippen LogP) is 1.08. The zero-order valence-electron chi connectivity index (χ0n) is 9.43. The maximum Gasteiger partial charge on any atom is 0.224 e. The van der Waals surface area contributed by atoms with Gasteiger partial charge in [-0.2, -0.15) is 0 Å². The van der Waals surface area contributed by atoms with Gasteiger partial charge in [0.05, 0.1) is 12.5 Å². The molecule has 0 radical (unpaired) electrons. The molecule has 0 spiro atoms. The van der Waals surface area contributed by atoms with Crippen LogP contribution in [0.25, 0.3) is 0 Å². The molecule has 2 atom stereocenters. The SMILES string of the molecule is CN1C(=O)C[C@H]2[C@@H]1CCN2Cc1ccoc1. The monoisotopic (exact) mass is 220 g/mol. The first kappa shape index (κ1) is 9.90. The summed E-state index contributed by atoms with van der Waals surface area (Å²) in [6, 6.07) is 2.83. The van der Waals surface area contributed by atoms with Crippen molar-refractivity contribution in [1.82, 2.24) is 9.80 Å². The van der Waals surface area contributed by atoms with Crippen LogP contribution in [0.4, 0.5) is 0 Å². The molecular weight excluding hydrogens is 204 g/mol. The van der Waals surface area contributed by atoms with Crippen molar-refractivity contribution >= 4 is 5.91 Å². The van der Waals surface area contributed by atoms with Crippen molar-refractivity contribution in [2.45, 2.75) is 31.5 Å². The average Bonchev–Trinajstić information content (AvgIpc) is 2.93. The smallest absolute Gasteiger partial charge is 0.224 e. The van der Waals surface area contributed by atoms with E-state index in [1.807, 2.05) is 18.0 Å². The molecule has 3 heterocycles. The summed E-state index contributed by atoms with van der Waals surface area (Å²) in [6.07, 6.45) is 5.27. The Morgan fingerprint density at radius 2 is 2.38 bits per heavy atom. The maximum absolute atomic E-state index is 11.6. The fraction of sp³-hybridized carbons (Fsp3) is 0.583. The van der Waals surface area contributed by atoms with Gasteiger partial charge < -0.3 is 9.32 Å². The molecule has 0 bridgehead atoms. The zero-order chi connectivity index (χ0) is 11.1. The number of nitrogens with zero attached hydrogens (tertiary/aromatic N) is 2. The van der Waals surface area contributed by atoms with Gasteiger partial charge in [0, 0.05) is 44.2 Å². The Morgan fingerprint density at radius 3 is 3.12 bits per heavy atom. The van der Waals surface area contributed by atoms with Gasteiger partial charge in [0.1, 0.15) is 0 Å². The van der Waals surface area contributed by atoms with Gasteiger partial charge in [-0.15, -0.1) is 0 Å². The van der Waals surface area contributed by atoms with Crippen LogP contribution in [-0.4, -0.2) is 41.4 Å². The summed E-state index contributed by atoms with van der Waals surface area (Å²) in [5.41, 5.74) is 1.20. The van der Waals surface area contributed by atoms with E-state index in [0.29, 0.717) is 18.5 Å². The first-order chi connectivity index (χ1) is 7.75. The van der Waals surface area contributed by atoms with Crippen LogP contribution in [0.2, 0.25) is 0 Å². The Hall–Kier alpha value is -1.29. The van der Waals surface area contributed by atoms with E-state index in [1.54, 1.807) is 12.5 Å². The van der Waals surface area contributed by atoms with E-state index >= 15 is 0 Å². The number of rotatable bonds is 2. The highest BCUT2D eigenvalue weighted by Gasteiger charge is 2.44. The van der Waals surface area contributed by atoms with Crippen molar-refractivity contribution in [1.29, 1.82) is 0 Å². The van der Waals surface area contributed by atoms with Crippen LogP contribution in [0, 0.1) is 0 Å². The first-order valence-electron chi connectivity index (χ1n) is 5.76. The summed E-state index contributed by atoms with van der Waals surface area (Å²) >= 11 is 0. The molecular formula is C12H16N2O2. The number of fused-ring (bicyclic) bond motifs is 1. The van der Waals surface area contributed by atoms with Crippen molar-refractivity contribution < 1.29 is 9.21 Å². The minimum absolute atomic E-state index is 0.284. The van der Waals surface area contributed by atoms with Gasteiger partial charge >= 0.3 is 0 Å². The Labute approximate surface area is 94.8 Å². The molecule has 0 N–H and O–H groups in total. The van der Waals surface area contributed by atoms with Crippen molar-refractivity contribution in [3.63, 3.8) is 0 Å². The van der Waals surface area contributed by atoms with Crippen LogP contribution >= 0.6 is 0 Å². The molecule has 86 valence electrons. The molecule has 0 unspecified atom stereocenters. The summed E-state index contributed by atoms with van der Waals surface area (Å²) in [7, 11) is 1.92. The molecule has 0 aromatic carbocycles. The van der Waals surface area contributed by atoms with Crippen LogP contribution in [-0.2, 0) is 11.3 Å². The van der Waals surface area contributed by atoms with Crippen LogP contribution in [0.5, 0.6) is 0 Å². The molecule has 1 aromatic heterocycles. The molecule has 2 aliphatic heterocycles. The van der Waals surface area contributed by atoms with Gasteiger partial charge in [0.15, 0.2) is 0 Å². The summed E-state index contributed by atoms with van der Waals surface area (Å²) < 4.78 is 5.07. The largest absolute Gasteiger partial charge is 0.472 e. The van der Waals surface area contributed by atoms with Crippen LogP contribution < -0.4 is 0 Å². The van der Waals surface area contributed by atoms with Gasteiger partial charge in [-0.25, -0.2) is 0 Å². The second-order valence-corrected chi connectivity index (χ2v) is 4.73. The van der Waals surface area contributed by atoms with Crippen molar-refractivity contribution in [2.24, 2.45) is 0 Å². The Bertz CT molecular complexity index is 388. The number of carbonyl (C=O) groups excluding carboxylic acids is 1. The Kier molecular flexibility index (Phi) is 2.24. The third kappa shape index (κ3) is 1.45. The lowest BCUT2D eigenvalue weighted by Crippen LogP contribution is -2.34. The normalized spacial score (nSPS) is 30.1. The molecule has 0 saturated carbocycles. The van der Waals surface area contributed by atoms with E-state index in [9.17, 15) is 4.79 Å². The van der Waals surface area contributed by atoms with E-state index in [-0.39, 0.29) is 5.91 Å². The highest BCUT2D eigenvalue weighted by Crippen LogP contribution is 2.32. The topological polar surface area (TPSA) is 36.7 Å². The van der Waals surface area contributed by atoms with E-state index < -0.39 is 0 Å². The number of hydrogen-bond acceptors (Lipinski definition) is 3. The van der Waals surface area contributed by atoms with Gasteiger partial charge in [-0.1, -0.05) is 0 Å². The number of carbonyl (C=O) groups is 1. The highest BCUT2D eigenvalue weighted by atomic mass is 16.3. The van der Waals surface area contributed by atoms with E-state index in [2.05, 4.69) is 4.90 Å². The van der Waals surface area contributed by atoms with Crippen molar-refractivity contribution in [3.8, 4) is 0 Å². The minimum Gasteiger partial charge on any atom is -0.472 e. The lowest BCUT2D eigenvalue weighted by Gasteiger charge is -2.22. The summed E-state index contributed by atoms with van der Waals surface area (Å²) in [5.74, 6) is 0.284. The fourth-order valence-electron chi connectivity index (χ4n) is 2.94. The molecule has 2 fully saturated rings. The third-order valence-electron chi connectivity index (χ3n) is 3.87. The van der Waals surface area contributed by atoms with Gasteiger partial charge in [-0.05, 0) is 12.5 Å². The van der Waals surface area contributed by atoms with Gasteiger partial charge in [0.25, 0.3) is 0 Å². The number of hydrogen-bond donors (Lipinski definition) is 0. The molecule has 3 rings (SSSR count). The standard InChI is InChI=1S/C12H16N2O2/c1-13-10-2-4-14(11(10)6-12(13)15)7-9-3-5-16-8-9/h3,5,8,10-11H,2,4,6-7H2,1H3/t10-,11-/m0/s1. The average molecular weight is 220 g/mol. The predicted molar refractivity (Wildman–Crippen MR) is 58.7 cm³/mol. The van der Waals surface area contributed by atoms with Gasteiger partial charge in [-0.3, -0.25) is 9.69 Å². The molecule has 4 nitrogen and oxygen atoms in total. The lowest BCUT2D eigenvalue weighted by atomic mass is 10.1. The van der Waals surface area contributed by atoms with Crippen LogP contribution in [0.1, 0.15) is 18.4 Å². The number of likely N-dealkylation sites (N-methyl/N-ethyl adjacent to an activating group) is 1. The molecule has 4 heteroatoms. The van der Waals surface area contributed by atoms with E-state index in [1.165, 1.54) is 5.56 Å². The summed E-state index contributed by atoms with van der Waals surface area (Å²) in [6.45, 7) is 1.98. The van der Waals surface area contributed by atoms with Gasteiger partial charge in [0.2, 0.25) is 5.91 Å². The molecule has 2 saturated heterocycles. The zero-order valence-corrected chi connectivity index (χ0v) is 9.43. The second-order valence-electron chi connectivity index (χ2n) is 4.73. The summed E-state index contributed by atoms with van der Waals surface area (Å²) in [5, 5.41) is 0.